The van der Waals surface area contributed by atoms with Gasteiger partial charge in [-0.15, -0.1) is 0 Å². The van der Waals surface area contributed by atoms with E-state index in [4.69, 9.17) is 4.74 Å². The zero-order valence-corrected chi connectivity index (χ0v) is 12.3. The summed E-state index contributed by atoms with van der Waals surface area (Å²) < 4.78 is 18.7. The maximum atomic E-state index is 12.9. The predicted molar refractivity (Wildman–Crippen MR) is 85.5 cm³/mol. The first-order chi connectivity index (χ1) is 10.7. The number of halogens is 1. The molecule has 1 heterocycles. The minimum absolute atomic E-state index is 0.231. The Labute approximate surface area is 129 Å². The van der Waals surface area contributed by atoms with E-state index in [1.807, 2.05) is 42.6 Å². The van der Waals surface area contributed by atoms with Crippen molar-refractivity contribution in [1.29, 1.82) is 0 Å². The highest BCUT2D eigenvalue weighted by Crippen LogP contribution is 2.25. The highest BCUT2D eigenvalue weighted by Gasteiger charge is 2.01. The van der Waals surface area contributed by atoms with Gasteiger partial charge >= 0.3 is 0 Å². The summed E-state index contributed by atoms with van der Waals surface area (Å²) in [7, 11) is 0. The van der Waals surface area contributed by atoms with Crippen LogP contribution in [0.4, 0.5) is 4.39 Å². The van der Waals surface area contributed by atoms with Gasteiger partial charge in [-0.1, -0.05) is 37.3 Å². The molecule has 2 aromatic carbocycles. The van der Waals surface area contributed by atoms with E-state index in [-0.39, 0.29) is 5.82 Å². The third-order valence-electron chi connectivity index (χ3n) is 3.46. The summed E-state index contributed by atoms with van der Waals surface area (Å²) in [5, 5.41) is 0. The first-order valence-corrected chi connectivity index (χ1v) is 7.23. The minimum Gasteiger partial charge on any atom is -0.439 e. The molecule has 22 heavy (non-hydrogen) atoms. The average Bonchev–Trinajstić information content (AvgIpc) is 2.57. The lowest BCUT2D eigenvalue weighted by Gasteiger charge is -2.07. The lowest BCUT2D eigenvalue weighted by atomic mass is 10.1. The summed E-state index contributed by atoms with van der Waals surface area (Å²) in [6, 6.07) is 18.0. The summed E-state index contributed by atoms with van der Waals surface area (Å²) in [5.41, 5.74) is 3.17. The number of hydrogen-bond donors (Lipinski definition) is 0. The van der Waals surface area contributed by atoms with Gasteiger partial charge in [0, 0.05) is 12.3 Å². The number of nitrogens with zero attached hydrogens (tertiary/aromatic N) is 1. The van der Waals surface area contributed by atoms with Gasteiger partial charge in [-0.25, -0.2) is 9.37 Å². The van der Waals surface area contributed by atoms with Crippen LogP contribution in [-0.2, 0) is 6.42 Å². The molecule has 0 aliphatic carbocycles. The van der Waals surface area contributed by atoms with Crippen molar-refractivity contribution in [3.63, 3.8) is 0 Å². The standard InChI is InChI=1S/C19H16FNO/c1-2-14-3-12-19(21-13-14)22-18-10-6-16(7-11-18)15-4-8-17(20)9-5-15/h3-13H,2H2,1H3. The van der Waals surface area contributed by atoms with E-state index in [0.29, 0.717) is 5.88 Å². The molecule has 3 rings (SSSR count). The molecule has 3 heteroatoms. The van der Waals surface area contributed by atoms with Crippen LogP contribution < -0.4 is 4.74 Å². The van der Waals surface area contributed by atoms with Crippen molar-refractivity contribution in [2.45, 2.75) is 13.3 Å². The Morgan fingerprint density at radius 2 is 1.50 bits per heavy atom. The van der Waals surface area contributed by atoms with Crippen LogP contribution >= 0.6 is 0 Å². The molecule has 2 nitrogen and oxygen atoms in total. The molecule has 0 radical (unpaired) electrons. The molecule has 0 saturated carbocycles. The number of pyridine rings is 1. The van der Waals surface area contributed by atoms with Gasteiger partial charge in [0.05, 0.1) is 0 Å². The molecule has 0 bridgehead atoms. The summed E-state index contributed by atoms with van der Waals surface area (Å²) in [5.74, 6) is 1.07. The van der Waals surface area contributed by atoms with E-state index in [2.05, 4.69) is 11.9 Å². The first-order valence-electron chi connectivity index (χ1n) is 7.23. The van der Waals surface area contributed by atoms with Crippen molar-refractivity contribution in [1.82, 2.24) is 4.98 Å². The monoisotopic (exact) mass is 293 g/mol. The fraction of sp³-hybridized carbons (Fsp3) is 0.105. The molecule has 1 aromatic heterocycles. The van der Waals surface area contributed by atoms with Gasteiger partial charge in [0.2, 0.25) is 5.88 Å². The van der Waals surface area contributed by atoms with Crippen LogP contribution in [0.2, 0.25) is 0 Å². The SMILES string of the molecule is CCc1ccc(Oc2ccc(-c3ccc(F)cc3)cc2)nc1. The number of aryl methyl sites for hydroxylation is 1. The lowest BCUT2D eigenvalue weighted by Crippen LogP contribution is -1.89. The fourth-order valence-electron chi connectivity index (χ4n) is 2.16. The van der Waals surface area contributed by atoms with Gasteiger partial charge in [-0.2, -0.15) is 0 Å². The van der Waals surface area contributed by atoms with Crippen LogP contribution in [-0.4, -0.2) is 4.98 Å². The zero-order chi connectivity index (χ0) is 15.4. The Kier molecular flexibility index (Phi) is 4.15. The lowest BCUT2D eigenvalue weighted by molar-refractivity contribution is 0.462. The van der Waals surface area contributed by atoms with Crippen LogP contribution in [0.15, 0.2) is 66.9 Å². The smallest absolute Gasteiger partial charge is 0.219 e. The van der Waals surface area contributed by atoms with Gasteiger partial charge in [0.1, 0.15) is 11.6 Å². The van der Waals surface area contributed by atoms with Crippen LogP contribution in [0.1, 0.15) is 12.5 Å². The second-order valence-electron chi connectivity index (χ2n) is 4.99. The van der Waals surface area contributed by atoms with Crippen molar-refractivity contribution < 1.29 is 9.13 Å². The molecule has 3 aromatic rings. The fourth-order valence-corrected chi connectivity index (χ4v) is 2.16. The van der Waals surface area contributed by atoms with Crippen molar-refractivity contribution in [3.8, 4) is 22.8 Å². The highest BCUT2D eigenvalue weighted by molar-refractivity contribution is 5.64. The van der Waals surface area contributed by atoms with Gasteiger partial charge in [-0.05, 0) is 47.4 Å². The van der Waals surface area contributed by atoms with Crippen LogP contribution in [0.5, 0.6) is 11.6 Å². The molecule has 0 N–H and O–H groups in total. The largest absolute Gasteiger partial charge is 0.439 e. The predicted octanol–water partition coefficient (Wildman–Crippen LogP) is 5.24. The molecule has 0 atom stereocenters. The summed E-state index contributed by atoms with van der Waals surface area (Å²) in [6.07, 6.45) is 2.78. The van der Waals surface area contributed by atoms with Crippen molar-refractivity contribution in [2.75, 3.05) is 0 Å². The molecule has 0 aliphatic heterocycles. The van der Waals surface area contributed by atoms with E-state index in [0.717, 1.165) is 23.3 Å². The van der Waals surface area contributed by atoms with Crippen molar-refractivity contribution in [2.24, 2.45) is 0 Å². The summed E-state index contributed by atoms with van der Waals surface area (Å²) in [6.45, 7) is 2.09. The van der Waals surface area contributed by atoms with Gasteiger partial charge in [0.15, 0.2) is 0 Å². The number of rotatable bonds is 4. The van der Waals surface area contributed by atoms with Gasteiger partial charge in [0.25, 0.3) is 0 Å². The maximum absolute atomic E-state index is 12.9. The molecule has 0 amide bonds. The van der Waals surface area contributed by atoms with E-state index < -0.39 is 0 Å². The minimum atomic E-state index is -0.231. The maximum Gasteiger partial charge on any atom is 0.219 e. The molecular weight excluding hydrogens is 277 g/mol. The normalized spacial score (nSPS) is 10.5. The second kappa shape index (κ2) is 6.39. The van der Waals surface area contributed by atoms with E-state index in [9.17, 15) is 4.39 Å². The highest BCUT2D eigenvalue weighted by atomic mass is 19.1. The third kappa shape index (κ3) is 3.31. The molecule has 0 aliphatic rings. The first kappa shape index (κ1) is 14.3. The van der Waals surface area contributed by atoms with E-state index in [1.54, 1.807) is 12.1 Å². The number of aromatic nitrogens is 1. The van der Waals surface area contributed by atoms with Gasteiger partial charge in [-0.3, -0.25) is 0 Å². The average molecular weight is 293 g/mol. The molecular formula is C19H16FNO. The number of benzene rings is 2. The Bertz CT molecular complexity index is 734. The molecule has 0 saturated heterocycles. The Morgan fingerprint density at radius 3 is 2.05 bits per heavy atom. The summed E-state index contributed by atoms with van der Waals surface area (Å²) in [4.78, 5) is 4.27. The number of ether oxygens (including phenoxy) is 1. The topological polar surface area (TPSA) is 22.1 Å². The van der Waals surface area contributed by atoms with Crippen LogP contribution in [0, 0.1) is 5.82 Å². The zero-order valence-electron chi connectivity index (χ0n) is 12.3. The molecule has 110 valence electrons. The Hall–Kier alpha value is -2.68. The van der Waals surface area contributed by atoms with Crippen LogP contribution in [0.3, 0.4) is 0 Å². The van der Waals surface area contributed by atoms with Crippen molar-refractivity contribution >= 4 is 0 Å². The van der Waals surface area contributed by atoms with Crippen molar-refractivity contribution in [3.05, 3.63) is 78.2 Å². The number of hydrogen-bond acceptors (Lipinski definition) is 2. The quantitative estimate of drug-likeness (QED) is 0.656. The van der Waals surface area contributed by atoms with E-state index >= 15 is 0 Å². The Balaban J connectivity index is 1.74. The van der Waals surface area contributed by atoms with Crippen LogP contribution in [0.25, 0.3) is 11.1 Å². The Morgan fingerprint density at radius 1 is 0.864 bits per heavy atom. The van der Waals surface area contributed by atoms with E-state index in [1.165, 1.54) is 17.7 Å². The molecule has 0 fully saturated rings. The summed E-state index contributed by atoms with van der Waals surface area (Å²) >= 11 is 0. The molecule has 0 unspecified atom stereocenters. The molecule has 0 spiro atoms. The second-order valence-corrected chi connectivity index (χ2v) is 4.99. The van der Waals surface area contributed by atoms with Gasteiger partial charge < -0.3 is 4.74 Å². The third-order valence-corrected chi connectivity index (χ3v) is 3.46.